The number of aromatic hydroxyl groups is 1. The number of rotatable bonds is 8. The predicted octanol–water partition coefficient (Wildman–Crippen LogP) is 7.43. The molecule has 0 aliphatic carbocycles. The number of carbonyl (C=O) groups excluding carboxylic acids is 1. The van der Waals surface area contributed by atoms with Crippen molar-refractivity contribution >= 4 is 57.2 Å². The zero-order valence-corrected chi connectivity index (χ0v) is 28.2. The number of nitrogens with zero attached hydrogens (tertiary/aromatic N) is 3. The Morgan fingerprint density at radius 1 is 0.958 bits per heavy atom. The summed E-state index contributed by atoms with van der Waals surface area (Å²) in [6.45, 7) is 5.28. The number of nitrogens with one attached hydrogen (secondary N) is 3. The first-order valence-corrected chi connectivity index (χ1v) is 17.0. The van der Waals surface area contributed by atoms with Gasteiger partial charge in [0.1, 0.15) is 5.75 Å². The zero-order chi connectivity index (χ0) is 33.2. The van der Waals surface area contributed by atoms with Gasteiger partial charge < -0.3 is 30.3 Å². The van der Waals surface area contributed by atoms with Crippen molar-refractivity contribution in [1.82, 2.24) is 15.1 Å². The van der Waals surface area contributed by atoms with E-state index in [-0.39, 0.29) is 17.7 Å². The maximum atomic E-state index is 14.0. The number of aromatic nitrogens is 2. The van der Waals surface area contributed by atoms with Gasteiger partial charge in [-0.2, -0.15) is 5.10 Å². The molecule has 248 valence electrons. The molecular formula is C37H38Cl2N6O3. The lowest BCUT2D eigenvalue weighted by molar-refractivity contribution is 0.0904. The minimum atomic E-state index is -0.239. The van der Waals surface area contributed by atoms with Crippen molar-refractivity contribution < 1.29 is 14.6 Å². The molecule has 4 N–H and O–H groups in total. The van der Waals surface area contributed by atoms with Crippen LogP contribution < -0.4 is 15.5 Å². The minimum Gasteiger partial charge on any atom is -0.508 e. The van der Waals surface area contributed by atoms with Crippen LogP contribution >= 0.6 is 23.2 Å². The SMILES string of the molecule is CN1CCN(c2ccc(C(=O)Nc3n[nH]c4cc(-c5ccc(O)cc5)c(Cc5ccc(Cl)c(Cl)c5)cc34)c(NC3CCOCC3)c2)CC1. The molecule has 0 unspecified atom stereocenters. The molecule has 4 aromatic carbocycles. The fourth-order valence-corrected chi connectivity index (χ4v) is 6.80. The van der Waals surface area contributed by atoms with Crippen LogP contribution in [0.3, 0.4) is 0 Å². The fraction of sp³-hybridized carbons (Fsp3) is 0.297. The molecule has 9 nitrogen and oxygen atoms in total. The third kappa shape index (κ3) is 7.10. The first kappa shape index (κ1) is 32.3. The Bertz CT molecular complexity index is 1930. The second-order valence-electron chi connectivity index (χ2n) is 12.6. The van der Waals surface area contributed by atoms with Gasteiger partial charge in [-0.15, -0.1) is 0 Å². The van der Waals surface area contributed by atoms with E-state index < -0.39 is 0 Å². The molecule has 7 rings (SSSR count). The number of ether oxygens (including phenoxy) is 1. The smallest absolute Gasteiger partial charge is 0.258 e. The number of piperazine rings is 1. The summed E-state index contributed by atoms with van der Waals surface area (Å²) in [4.78, 5) is 18.7. The monoisotopic (exact) mass is 684 g/mol. The van der Waals surface area contributed by atoms with Crippen LogP contribution in [-0.2, 0) is 11.2 Å². The van der Waals surface area contributed by atoms with Gasteiger partial charge in [0.15, 0.2) is 5.82 Å². The van der Waals surface area contributed by atoms with Crippen molar-refractivity contribution in [1.29, 1.82) is 0 Å². The van der Waals surface area contributed by atoms with E-state index in [1.807, 2.05) is 42.5 Å². The lowest BCUT2D eigenvalue weighted by Crippen LogP contribution is -2.44. The molecule has 2 saturated heterocycles. The molecule has 1 aromatic heterocycles. The van der Waals surface area contributed by atoms with Crippen LogP contribution in [0.1, 0.15) is 34.3 Å². The number of fused-ring (bicyclic) bond motifs is 1. The largest absolute Gasteiger partial charge is 0.508 e. The molecule has 48 heavy (non-hydrogen) atoms. The summed E-state index contributed by atoms with van der Waals surface area (Å²) in [5.74, 6) is 0.402. The van der Waals surface area contributed by atoms with Crippen LogP contribution in [0.2, 0.25) is 10.0 Å². The Morgan fingerprint density at radius 3 is 2.48 bits per heavy atom. The van der Waals surface area contributed by atoms with Crippen LogP contribution in [0.15, 0.2) is 72.8 Å². The number of aromatic amines is 1. The van der Waals surface area contributed by atoms with E-state index in [0.29, 0.717) is 41.1 Å². The summed E-state index contributed by atoms with van der Waals surface area (Å²) in [6, 6.07) is 23.1. The van der Waals surface area contributed by atoms with Crippen molar-refractivity contribution in [2.24, 2.45) is 0 Å². The summed E-state index contributed by atoms with van der Waals surface area (Å²) in [5.41, 5.74) is 7.15. The Kier molecular flexibility index (Phi) is 9.45. The van der Waals surface area contributed by atoms with Gasteiger partial charge in [0, 0.05) is 62.2 Å². The van der Waals surface area contributed by atoms with E-state index in [1.165, 1.54) is 0 Å². The molecule has 3 heterocycles. The zero-order valence-electron chi connectivity index (χ0n) is 26.7. The summed E-state index contributed by atoms with van der Waals surface area (Å²) in [7, 11) is 2.14. The lowest BCUT2D eigenvalue weighted by atomic mass is 9.93. The van der Waals surface area contributed by atoms with E-state index in [1.54, 1.807) is 18.2 Å². The predicted molar refractivity (Wildman–Crippen MR) is 194 cm³/mol. The standard InChI is InChI=1S/C37H38Cl2N6O3/c1-44-12-14-45(15-13-44)27-5-8-29(34(21-27)40-26-10-16-48-17-11-26)37(47)41-36-31-20-25(18-23-2-9-32(38)33(39)19-23)30(22-35(31)42-43-36)24-3-6-28(46)7-4-24/h2-9,19-22,26,40,46H,10-18H2,1H3,(H2,41,42,43,47). The topological polar surface area (TPSA) is 106 Å². The van der Waals surface area contributed by atoms with E-state index in [0.717, 1.165) is 83.6 Å². The average molecular weight is 686 g/mol. The number of amides is 1. The summed E-state index contributed by atoms with van der Waals surface area (Å²) in [6.07, 6.45) is 2.33. The van der Waals surface area contributed by atoms with Crippen LogP contribution in [0, 0.1) is 0 Å². The Morgan fingerprint density at radius 2 is 1.73 bits per heavy atom. The van der Waals surface area contributed by atoms with E-state index in [9.17, 15) is 9.90 Å². The Hall–Kier alpha value is -4.28. The highest BCUT2D eigenvalue weighted by atomic mass is 35.5. The van der Waals surface area contributed by atoms with Crippen molar-refractivity contribution in [3.8, 4) is 16.9 Å². The quantitative estimate of drug-likeness (QED) is 0.135. The molecule has 0 spiro atoms. The van der Waals surface area contributed by atoms with Crippen LogP contribution in [0.4, 0.5) is 17.2 Å². The van der Waals surface area contributed by atoms with Gasteiger partial charge in [-0.25, -0.2) is 0 Å². The summed E-state index contributed by atoms with van der Waals surface area (Å²) in [5, 5.41) is 26.1. The van der Waals surface area contributed by atoms with Gasteiger partial charge in [0.25, 0.3) is 5.91 Å². The number of benzene rings is 4. The van der Waals surface area contributed by atoms with Crippen LogP contribution in [0.25, 0.3) is 22.0 Å². The Balaban J connectivity index is 1.22. The molecule has 2 aliphatic rings. The van der Waals surface area contributed by atoms with E-state index in [4.69, 9.17) is 27.9 Å². The molecule has 1 amide bonds. The number of phenolic OH excluding ortho intramolecular Hbond substituents is 1. The molecule has 0 bridgehead atoms. The number of hydrogen-bond donors (Lipinski definition) is 4. The maximum absolute atomic E-state index is 14.0. The lowest BCUT2D eigenvalue weighted by Gasteiger charge is -2.34. The van der Waals surface area contributed by atoms with E-state index >= 15 is 0 Å². The molecule has 5 aromatic rings. The summed E-state index contributed by atoms with van der Waals surface area (Å²) >= 11 is 12.6. The number of anilines is 3. The third-order valence-electron chi connectivity index (χ3n) is 9.27. The number of phenols is 1. The molecule has 11 heteroatoms. The highest BCUT2D eigenvalue weighted by molar-refractivity contribution is 6.42. The fourth-order valence-electron chi connectivity index (χ4n) is 6.48. The molecule has 2 fully saturated rings. The highest BCUT2D eigenvalue weighted by Gasteiger charge is 2.22. The van der Waals surface area contributed by atoms with Crippen molar-refractivity contribution in [2.45, 2.75) is 25.3 Å². The van der Waals surface area contributed by atoms with Gasteiger partial charge in [-0.05, 0) is 103 Å². The normalized spacial score (nSPS) is 15.9. The molecule has 0 radical (unpaired) electrons. The summed E-state index contributed by atoms with van der Waals surface area (Å²) < 4.78 is 5.59. The van der Waals surface area contributed by atoms with Gasteiger partial charge in [-0.1, -0.05) is 41.4 Å². The molecule has 2 aliphatic heterocycles. The first-order valence-electron chi connectivity index (χ1n) is 16.3. The van der Waals surface area contributed by atoms with E-state index in [2.05, 4.69) is 49.8 Å². The molecule has 0 saturated carbocycles. The first-order chi connectivity index (χ1) is 23.3. The number of hydrogen-bond acceptors (Lipinski definition) is 7. The van der Waals surface area contributed by atoms with Crippen LogP contribution in [0.5, 0.6) is 5.75 Å². The second-order valence-corrected chi connectivity index (χ2v) is 13.4. The highest BCUT2D eigenvalue weighted by Crippen LogP contribution is 2.35. The maximum Gasteiger partial charge on any atom is 0.258 e. The average Bonchev–Trinajstić information content (AvgIpc) is 3.48. The van der Waals surface area contributed by atoms with Gasteiger partial charge in [0.05, 0.1) is 21.1 Å². The molecular weight excluding hydrogens is 647 g/mol. The van der Waals surface area contributed by atoms with Gasteiger partial charge in [-0.3, -0.25) is 9.89 Å². The second kappa shape index (κ2) is 14.1. The number of carbonyl (C=O) groups is 1. The number of H-pyrrole nitrogens is 1. The van der Waals surface area contributed by atoms with Crippen molar-refractivity contribution in [3.05, 3.63) is 99.5 Å². The Labute approximate surface area is 289 Å². The minimum absolute atomic E-state index is 0.194. The van der Waals surface area contributed by atoms with Crippen molar-refractivity contribution in [2.75, 3.05) is 62.0 Å². The molecule has 0 atom stereocenters. The number of halogens is 2. The van der Waals surface area contributed by atoms with Gasteiger partial charge in [0.2, 0.25) is 0 Å². The third-order valence-corrected chi connectivity index (χ3v) is 10.0. The van der Waals surface area contributed by atoms with Crippen molar-refractivity contribution in [3.63, 3.8) is 0 Å². The van der Waals surface area contributed by atoms with Crippen LogP contribution in [-0.4, -0.2) is 78.6 Å². The van der Waals surface area contributed by atoms with Gasteiger partial charge >= 0.3 is 0 Å². The number of likely N-dealkylation sites (N-methyl/N-ethyl adjacent to an activating group) is 1.